The molecule has 18 heavy (non-hydrogen) atoms. The van der Waals surface area contributed by atoms with Crippen LogP contribution in [0.25, 0.3) is 0 Å². The second-order valence-electron chi connectivity index (χ2n) is 5.29. The Kier molecular flexibility index (Phi) is 3.96. The quantitative estimate of drug-likeness (QED) is 0.843. The molecule has 2 atom stereocenters. The van der Waals surface area contributed by atoms with Gasteiger partial charge in [-0.15, -0.1) is 0 Å². The minimum atomic E-state index is 0.00459. The number of carbonyl (C=O) groups excluding carboxylic acids is 1. The molecule has 1 aliphatic carbocycles. The minimum Gasteiger partial charge on any atom is -0.381 e. The molecule has 1 aromatic carbocycles. The van der Waals surface area contributed by atoms with Crippen LogP contribution in [0.2, 0.25) is 0 Å². The molecule has 0 bridgehead atoms. The van der Waals surface area contributed by atoms with Gasteiger partial charge in [-0.3, -0.25) is 4.79 Å². The molecule has 1 saturated carbocycles. The second-order valence-corrected chi connectivity index (χ2v) is 6.45. The Labute approximate surface area is 121 Å². The van der Waals surface area contributed by atoms with Crippen LogP contribution in [-0.2, 0) is 4.74 Å². The molecule has 1 fully saturated rings. The summed E-state index contributed by atoms with van der Waals surface area (Å²) >= 11 is 2.19. The van der Waals surface area contributed by atoms with E-state index in [2.05, 4.69) is 41.8 Å². The number of rotatable bonds is 3. The smallest absolute Gasteiger partial charge is 0.252 e. The third-order valence-electron chi connectivity index (χ3n) is 3.89. The van der Waals surface area contributed by atoms with Crippen molar-refractivity contribution in [3.63, 3.8) is 0 Å². The van der Waals surface area contributed by atoms with Crippen LogP contribution in [0.4, 0.5) is 0 Å². The van der Waals surface area contributed by atoms with Crippen molar-refractivity contribution in [1.82, 2.24) is 5.32 Å². The summed E-state index contributed by atoms with van der Waals surface area (Å²) < 4.78 is 6.37. The fourth-order valence-electron chi connectivity index (χ4n) is 2.41. The van der Waals surface area contributed by atoms with Gasteiger partial charge in [-0.05, 0) is 41.1 Å². The van der Waals surface area contributed by atoms with E-state index >= 15 is 0 Å². The van der Waals surface area contributed by atoms with Crippen LogP contribution in [0.1, 0.15) is 30.6 Å². The number of halogens is 1. The monoisotopic (exact) mass is 359 g/mol. The van der Waals surface area contributed by atoms with E-state index in [0.717, 1.165) is 15.6 Å². The van der Waals surface area contributed by atoms with Crippen molar-refractivity contribution in [2.24, 2.45) is 5.41 Å². The van der Waals surface area contributed by atoms with Gasteiger partial charge in [0.1, 0.15) is 0 Å². The Morgan fingerprint density at radius 2 is 2.11 bits per heavy atom. The van der Waals surface area contributed by atoms with Crippen LogP contribution < -0.4 is 5.32 Å². The molecular weight excluding hydrogens is 341 g/mol. The maximum Gasteiger partial charge on any atom is 0.252 e. The molecule has 0 aromatic heterocycles. The van der Waals surface area contributed by atoms with Gasteiger partial charge in [-0.25, -0.2) is 0 Å². The van der Waals surface area contributed by atoms with Crippen molar-refractivity contribution in [3.8, 4) is 0 Å². The van der Waals surface area contributed by atoms with Crippen LogP contribution in [0.5, 0.6) is 0 Å². The van der Waals surface area contributed by atoms with E-state index in [0.29, 0.717) is 0 Å². The maximum atomic E-state index is 12.2. The molecule has 0 spiro atoms. The first-order chi connectivity index (χ1) is 8.46. The van der Waals surface area contributed by atoms with Gasteiger partial charge in [0.2, 0.25) is 0 Å². The summed E-state index contributed by atoms with van der Waals surface area (Å²) in [5, 5.41) is 3.10. The average molecular weight is 359 g/mol. The van der Waals surface area contributed by atoms with E-state index in [1.807, 2.05) is 24.3 Å². The first-order valence-electron chi connectivity index (χ1n) is 6.05. The third kappa shape index (κ3) is 2.40. The lowest BCUT2D eigenvalue weighted by Crippen LogP contribution is -2.61. The fraction of sp³-hybridized carbons (Fsp3) is 0.500. The lowest BCUT2D eigenvalue weighted by molar-refractivity contribution is -0.0942. The number of carbonyl (C=O) groups is 1. The van der Waals surface area contributed by atoms with Crippen molar-refractivity contribution >= 4 is 28.5 Å². The molecular formula is C14H18INO2. The second kappa shape index (κ2) is 5.17. The van der Waals surface area contributed by atoms with Gasteiger partial charge < -0.3 is 10.1 Å². The maximum absolute atomic E-state index is 12.2. The highest BCUT2D eigenvalue weighted by molar-refractivity contribution is 14.1. The van der Waals surface area contributed by atoms with Crippen molar-refractivity contribution < 1.29 is 9.53 Å². The number of nitrogens with one attached hydrogen (secondary N) is 1. The minimum absolute atomic E-state index is 0.00459. The predicted octanol–water partition coefficient (Wildman–Crippen LogP) is 2.83. The molecule has 1 aromatic rings. The van der Waals surface area contributed by atoms with Crippen LogP contribution in [-0.4, -0.2) is 25.2 Å². The molecule has 1 amide bonds. The zero-order valence-corrected chi connectivity index (χ0v) is 13.0. The Morgan fingerprint density at radius 1 is 1.44 bits per heavy atom. The zero-order valence-electron chi connectivity index (χ0n) is 10.9. The van der Waals surface area contributed by atoms with E-state index < -0.39 is 0 Å². The number of benzene rings is 1. The summed E-state index contributed by atoms with van der Waals surface area (Å²) in [6.45, 7) is 4.26. The molecule has 1 aliphatic rings. The van der Waals surface area contributed by atoms with Gasteiger partial charge in [0, 0.05) is 22.1 Å². The fourth-order valence-corrected chi connectivity index (χ4v) is 3.04. The Bertz CT molecular complexity index is 459. The lowest BCUT2D eigenvalue weighted by atomic mass is 9.64. The first kappa shape index (κ1) is 13.8. The molecule has 0 heterocycles. The summed E-state index contributed by atoms with van der Waals surface area (Å²) in [7, 11) is 1.73. The van der Waals surface area contributed by atoms with Crippen molar-refractivity contribution in [3.05, 3.63) is 33.4 Å². The SMILES string of the molecule is COC1CC(NC(=O)c2ccccc2I)C1(C)C. The van der Waals surface area contributed by atoms with Crippen LogP contribution in [0.3, 0.4) is 0 Å². The van der Waals surface area contributed by atoms with Gasteiger partial charge in [0.25, 0.3) is 5.91 Å². The zero-order chi connectivity index (χ0) is 13.3. The van der Waals surface area contributed by atoms with E-state index in [1.54, 1.807) is 7.11 Å². The number of hydrogen-bond donors (Lipinski definition) is 1. The Morgan fingerprint density at radius 3 is 2.67 bits per heavy atom. The van der Waals surface area contributed by atoms with Gasteiger partial charge in [-0.1, -0.05) is 26.0 Å². The standard InChI is InChI=1S/C14H18INO2/c1-14(2)11(8-12(14)18-3)16-13(17)9-6-4-5-7-10(9)15/h4-7,11-12H,8H2,1-3H3,(H,16,17). The van der Waals surface area contributed by atoms with Crippen LogP contribution in [0, 0.1) is 8.99 Å². The first-order valence-corrected chi connectivity index (χ1v) is 7.13. The third-order valence-corrected chi connectivity index (χ3v) is 4.83. The lowest BCUT2D eigenvalue weighted by Gasteiger charge is -2.51. The molecule has 0 saturated heterocycles. The number of methoxy groups -OCH3 is 1. The molecule has 3 nitrogen and oxygen atoms in total. The van der Waals surface area contributed by atoms with Crippen LogP contribution in [0.15, 0.2) is 24.3 Å². The molecule has 2 unspecified atom stereocenters. The molecule has 0 radical (unpaired) electrons. The van der Waals surface area contributed by atoms with Crippen molar-refractivity contribution in [2.75, 3.05) is 7.11 Å². The average Bonchev–Trinajstić information content (AvgIpc) is 2.34. The van der Waals surface area contributed by atoms with E-state index in [9.17, 15) is 4.79 Å². The Hall–Kier alpha value is -0.620. The normalized spacial score (nSPS) is 25.3. The largest absolute Gasteiger partial charge is 0.381 e. The highest BCUT2D eigenvalue weighted by atomic mass is 127. The van der Waals surface area contributed by atoms with Crippen LogP contribution >= 0.6 is 22.6 Å². The van der Waals surface area contributed by atoms with E-state index in [-0.39, 0.29) is 23.5 Å². The summed E-state index contributed by atoms with van der Waals surface area (Å²) in [4.78, 5) is 12.2. The van der Waals surface area contributed by atoms with Gasteiger partial charge in [-0.2, -0.15) is 0 Å². The summed E-state index contributed by atoms with van der Waals surface area (Å²) in [5.74, 6) is 0.00706. The van der Waals surface area contributed by atoms with E-state index in [1.165, 1.54) is 0 Å². The Balaban J connectivity index is 2.04. The number of amides is 1. The van der Waals surface area contributed by atoms with Gasteiger partial charge in [0.05, 0.1) is 11.7 Å². The molecule has 0 aliphatic heterocycles. The molecule has 2 rings (SSSR count). The molecule has 98 valence electrons. The highest BCUT2D eigenvalue weighted by Crippen LogP contribution is 2.42. The van der Waals surface area contributed by atoms with Crippen molar-refractivity contribution in [1.29, 1.82) is 0 Å². The highest BCUT2D eigenvalue weighted by Gasteiger charge is 2.49. The van der Waals surface area contributed by atoms with Gasteiger partial charge >= 0.3 is 0 Å². The van der Waals surface area contributed by atoms with Crippen molar-refractivity contribution in [2.45, 2.75) is 32.4 Å². The predicted molar refractivity (Wildman–Crippen MR) is 79.6 cm³/mol. The number of ether oxygens (including phenoxy) is 1. The number of hydrogen-bond acceptors (Lipinski definition) is 2. The summed E-state index contributed by atoms with van der Waals surface area (Å²) in [6, 6.07) is 7.81. The topological polar surface area (TPSA) is 38.3 Å². The van der Waals surface area contributed by atoms with E-state index in [4.69, 9.17) is 4.74 Å². The summed E-state index contributed by atoms with van der Waals surface area (Å²) in [6.07, 6.45) is 1.12. The van der Waals surface area contributed by atoms with Gasteiger partial charge in [0.15, 0.2) is 0 Å². The molecule has 4 heteroatoms. The summed E-state index contributed by atoms with van der Waals surface area (Å²) in [5.41, 5.74) is 0.750. The molecule has 1 N–H and O–H groups in total.